The van der Waals surface area contributed by atoms with Crippen LogP contribution in [0, 0.1) is 0 Å². The van der Waals surface area contributed by atoms with E-state index in [9.17, 15) is 4.79 Å². The summed E-state index contributed by atoms with van der Waals surface area (Å²) < 4.78 is 16.6. The van der Waals surface area contributed by atoms with E-state index in [4.69, 9.17) is 37.1 Å². The lowest BCUT2D eigenvalue weighted by Crippen LogP contribution is -2.27. The molecule has 0 fully saturated rings. The van der Waals surface area contributed by atoms with Gasteiger partial charge in [0.15, 0.2) is 17.2 Å². The Labute approximate surface area is 224 Å². The molecule has 9 heteroatoms. The number of hydrogen-bond donors (Lipinski definition) is 1. The number of carbonyl (C=O) groups is 1. The van der Waals surface area contributed by atoms with E-state index in [0.29, 0.717) is 41.3 Å². The van der Waals surface area contributed by atoms with Gasteiger partial charge in [0, 0.05) is 23.1 Å². The van der Waals surface area contributed by atoms with Gasteiger partial charge >= 0.3 is 0 Å². The third-order valence-electron chi connectivity index (χ3n) is 6.04. The molecule has 1 atom stereocenters. The Balaban J connectivity index is 1.31. The molecule has 5 rings (SSSR count). The fourth-order valence-electron chi connectivity index (χ4n) is 4.13. The maximum Gasteiger partial charge on any atom is 0.273 e. The first-order valence-corrected chi connectivity index (χ1v) is 12.6. The molecule has 3 aromatic carbocycles. The van der Waals surface area contributed by atoms with Crippen molar-refractivity contribution in [2.24, 2.45) is 0 Å². The standard InChI is InChI=1S/C28H25Cl2N3O4/c1-18(20-5-3-2-4-6-20)31-28(34)24-16-35-27(32-24)15-33(14-21-8-9-22(29)12-23(21)30)13-19-7-10-25-26(11-19)37-17-36-25/h2-12,16,18H,13-15,17H2,1H3,(H,31,34)/t18-/m0/s1. The van der Waals surface area contributed by atoms with Gasteiger partial charge in [-0.05, 0) is 47.9 Å². The summed E-state index contributed by atoms with van der Waals surface area (Å²) in [4.78, 5) is 19.4. The Morgan fingerprint density at radius 1 is 1.00 bits per heavy atom. The molecule has 1 amide bonds. The zero-order chi connectivity index (χ0) is 25.8. The van der Waals surface area contributed by atoms with Gasteiger partial charge in [-0.3, -0.25) is 9.69 Å². The van der Waals surface area contributed by atoms with Gasteiger partial charge in [-0.1, -0.05) is 65.7 Å². The Bertz CT molecular complexity index is 1390. The maximum absolute atomic E-state index is 12.8. The van der Waals surface area contributed by atoms with E-state index in [-0.39, 0.29) is 24.4 Å². The summed E-state index contributed by atoms with van der Waals surface area (Å²) in [5, 5.41) is 4.11. The minimum atomic E-state index is -0.297. The van der Waals surface area contributed by atoms with Crippen LogP contribution in [-0.2, 0) is 19.6 Å². The van der Waals surface area contributed by atoms with Crippen LogP contribution in [0.3, 0.4) is 0 Å². The topological polar surface area (TPSA) is 76.8 Å². The molecule has 0 bridgehead atoms. The smallest absolute Gasteiger partial charge is 0.273 e. The molecule has 2 heterocycles. The number of hydrogen-bond acceptors (Lipinski definition) is 6. The third kappa shape index (κ3) is 6.25. The number of oxazole rings is 1. The minimum Gasteiger partial charge on any atom is -0.454 e. The molecule has 1 N–H and O–H groups in total. The molecule has 1 aliphatic heterocycles. The Morgan fingerprint density at radius 3 is 2.62 bits per heavy atom. The van der Waals surface area contributed by atoms with Crippen LogP contribution in [0.4, 0.5) is 0 Å². The highest BCUT2D eigenvalue weighted by Gasteiger charge is 2.20. The Hall–Kier alpha value is -3.52. The van der Waals surface area contributed by atoms with Gasteiger partial charge in [0.2, 0.25) is 12.7 Å². The third-order valence-corrected chi connectivity index (χ3v) is 6.63. The van der Waals surface area contributed by atoms with Crippen LogP contribution in [0.2, 0.25) is 10.0 Å². The number of rotatable bonds is 9. The van der Waals surface area contributed by atoms with Crippen LogP contribution >= 0.6 is 23.2 Å². The van der Waals surface area contributed by atoms with Crippen molar-refractivity contribution in [3.8, 4) is 11.5 Å². The van der Waals surface area contributed by atoms with Gasteiger partial charge < -0.3 is 19.2 Å². The average Bonchev–Trinajstić information content (AvgIpc) is 3.55. The van der Waals surface area contributed by atoms with Crippen molar-refractivity contribution in [2.75, 3.05) is 6.79 Å². The van der Waals surface area contributed by atoms with Crippen LogP contribution in [0.25, 0.3) is 0 Å². The van der Waals surface area contributed by atoms with Crippen molar-refractivity contribution < 1.29 is 18.7 Å². The predicted molar refractivity (Wildman–Crippen MR) is 141 cm³/mol. The average molecular weight is 538 g/mol. The van der Waals surface area contributed by atoms with E-state index in [1.54, 1.807) is 6.07 Å². The van der Waals surface area contributed by atoms with Crippen LogP contribution in [0.15, 0.2) is 77.4 Å². The first-order valence-electron chi connectivity index (χ1n) is 11.8. The van der Waals surface area contributed by atoms with Crippen LogP contribution in [-0.4, -0.2) is 22.6 Å². The van der Waals surface area contributed by atoms with Gasteiger partial charge in [-0.25, -0.2) is 4.98 Å². The monoisotopic (exact) mass is 537 g/mol. The van der Waals surface area contributed by atoms with Crippen LogP contribution in [0.5, 0.6) is 11.5 Å². The second-order valence-corrected chi connectivity index (χ2v) is 9.64. The van der Waals surface area contributed by atoms with Gasteiger partial charge in [0.05, 0.1) is 12.6 Å². The van der Waals surface area contributed by atoms with Gasteiger partial charge in [-0.15, -0.1) is 0 Å². The van der Waals surface area contributed by atoms with E-state index >= 15 is 0 Å². The summed E-state index contributed by atoms with van der Waals surface area (Å²) >= 11 is 12.5. The summed E-state index contributed by atoms with van der Waals surface area (Å²) in [6.45, 7) is 3.57. The molecule has 0 saturated heterocycles. The molecule has 0 radical (unpaired) electrons. The summed E-state index contributed by atoms with van der Waals surface area (Å²) in [6, 6.07) is 20.9. The minimum absolute atomic E-state index is 0.164. The molecule has 0 aliphatic carbocycles. The summed E-state index contributed by atoms with van der Waals surface area (Å²) in [5.74, 6) is 1.56. The molecule has 0 spiro atoms. The fourth-order valence-corrected chi connectivity index (χ4v) is 4.60. The number of nitrogens with zero attached hydrogens (tertiary/aromatic N) is 2. The first-order chi connectivity index (χ1) is 17.9. The molecular weight excluding hydrogens is 513 g/mol. The molecule has 1 aromatic heterocycles. The van der Waals surface area contributed by atoms with Crippen molar-refractivity contribution in [1.82, 2.24) is 15.2 Å². The molecule has 37 heavy (non-hydrogen) atoms. The van der Waals surface area contributed by atoms with E-state index in [2.05, 4.69) is 15.2 Å². The quantitative estimate of drug-likeness (QED) is 0.266. The van der Waals surface area contributed by atoms with Crippen LogP contribution in [0.1, 0.15) is 46.0 Å². The summed E-state index contributed by atoms with van der Waals surface area (Å²) in [5.41, 5.74) is 3.17. The number of nitrogens with one attached hydrogen (secondary N) is 1. The van der Waals surface area contributed by atoms with Gasteiger partial charge in [0.25, 0.3) is 5.91 Å². The number of carbonyl (C=O) groups excluding carboxylic acids is 1. The van der Waals surface area contributed by atoms with Crippen molar-refractivity contribution in [2.45, 2.75) is 32.6 Å². The normalized spacial score (nSPS) is 13.1. The summed E-state index contributed by atoms with van der Waals surface area (Å²) in [6.07, 6.45) is 1.39. The lowest BCUT2D eigenvalue weighted by molar-refractivity contribution is 0.0934. The second-order valence-electron chi connectivity index (χ2n) is 8.80. The molecule has 0 unspecified atom stereocenters. The van der Waals surface area contributed by atoms with Crippen molar-refractivity contribution in [3.05, 3.63) is 111 Å². The largest absolute Gasteiger partial charge is 0.454 e. The van der Waals surface area contributed by atoms with E-state index in [1.165, 1.54) is 6.26 Å². The zero-order valence-electron chi connectivity index (χ0n) is 20.1. The lowest BCUT2D eigenvalue weighted by atomic mass is 10.1. The number of benzene rings is 3. The number of aromatic nitrogens is 1. The number of fused-ring (bicyclic) bond motifs is 1. The number of amides is 1. The van der Waals surface area contributed by atoms with E-state index in [0.717, 1.165) is 22.4 Å². The van der Waals surface area contributed by atoms with E-state index < -0.39 is 0 Å². The van der Waals surface area contributed by atoms with Crippen molar-refractivity contribution in [3.63, 3.8) is 0 Å². The maximum atomic E-state index is 12.8. The summed E-state index contributed by atoms with van der Waals surface area (Å²) in [7, 11) is 0. The number of halogens is 2. The van der Waals surface area contributed by atoms with Gasteiger partial charge in [-0.2, -0.15) is 0 Å². The second kappa shape index (κ2) is 11.3. The van der Waals surface area contributed by atoms with E-state index in [1.807, 2.05) is 67.6 Å². The molecule has 7 nitrogen and oxygen atoms in total. The molecule has 4 aromatic rings. The highest BCUT2D eigenvalue weighted by Crippen LogP contribution is 2.33. The predicted octanol–water partition coefficient (Wildman–Crippen LogP) is 6.40. The molecule has 190 valence electrons. The SMILES string of the molecule is C[C@H](NC(=O)c1coc(CN(Cc2ccc3c(c2)OCO3)Cc2ccc(Cl)cc2Cl)n1)c1ccccc1. The zero-order valence-corrected chi connectivity index (χ0v) is 21.6. The highest BCUT2D eigenvalue weighted by atomic mass is 35.5. The highest BCUT2D eigenvalue weighted by molar-refractivity contribution is 6.35. The van der Waals surface area contributed by atoms with Crippen molar-refractivity contribution in [1.29, 1.82) is 0 Å². The lowest BCUT2D eigenvalue weighted by Gasteiger charge is -2.22. The molecule has 0 saturated carbocycles. The Morgan fingerprint density at radius 2 is 1.81 bits per heavy atom. The fraction of sp³-hybridized carbons (Fsp3) is 0.214. The van der Waals surface area contributed by atoms with Gasteiger partial charge in [0.1, 0.15) is 6.26 Å². The molecule has 1 aliphatic rings. The number of ether oxygens (including phenoxy) is 2. The Kier molecular flexibility index (Phi) is 7.65. The van der Waals surface area contributed by atoms with Crippen LogP contribution < -0.4 is 14.8 Å². The first kappa shape index (κ1) is 25.1. The van der Waals surface area contributed by atoms with Crippen molar-refractivity contribution >= 4 is 29.1 Å². The molecular formula is C28H25Cl2N3O4.